The van der Waals surface area contributed by atoms with Crippen molar-refractivity contribution in [2.45, 2.75) is 44.6 Å². The van der Waals surface area contributed by atoms with Crippen LogP contribution in [0.3, 0.4) is 0 Å². The maximum atomic E-state index is 12.3. The van der Waals surface area contributed by atoms with E-state index >= 15 is 0 Å². The molecule has 0 aromatic carbocycles. The minimum absolute atomic E-state index is 0.140. The Morgan fingerprint density at radius 3 is 2.57 bits per heavy atom. The molecule has 5 nitrogen and oxygen atoms in total. The topological polar surface area (TPSA) is 50.2 Å². The summed E-state index contributed by atoms with van der Waals surface area (Å²) in [5.74, 6) is 0.906. The second-order valence-electron chi connectivity index (χ2n) is 7.00. The summed E-state index contributed by atoms with van der Waals surface area (Å²) < 4.78 is 2.03. The van der Waals surface area contributed by atoms with Crippen LogP contribution in [0, 0.1) is 11.3 Å². The van der Waals surface area contributed by atoms with E-state index in [1.807, 2.05) is 28.0 Å². The van der Waals surface area contributed by atoms with Gasteiger partial charge in [0.1, 0.15) is 0 Å². The van der Waals surface area contributed by atoms with E-state index in [9.17, 15) is 4.79 Å². The molecule has 2 amide bonds. The predicted molar refractivity (Wildman–Crippen MR) is 79.9 cm³/mol. The first-order valence-electron chi connectivity index (χ1n) is 8.29. The summed E-state index contributed by atoms with van der Waals surface area (Å²) in [6.07, 6.45) is 11.2. The monoisotopic (exact) mass is 288 g/mol. The Kier molecular flexibility index (Phi) is 3.16. The molecule has 1 aromatic rings. The quantitative estimate of drug-likeness (QED) is 0.925. The van der Waals surface area contributed by atoms with Crippen molar-refractivity contribution in [3.05, 3.63) is 18.5 Å². The lowest BCUT2D eigenvalue weighted by Crippen LogP contribution is -2.46. The van der Waals surface area contributed by atoms with Crippen molar-refractivity contribution in [2.24, 2.45) is 11.3 Å². The number of likely N-dealkylation sites (tertiary alicyclic amines) is 1. The zero-order valence-corrected chi connectivity index (χ0v) is 12.5. The molecule has 2 saturated carbocycles. The minimum atomic E-state index is 0.140. The van der Waals surface area contributed by atoms with E-state index in [1.165, 1.54) is 25.7 Å². The van der Waals surface area contributed by atoms with Gasteiger partial charge in [-0.2, -0.15) is 5.10 Å². The molecule has 0 radical (unpaired) electrons. The van der Waals surface area contributed by atoms with Gasteiger partial charge in [0.05, 0.1) is 6.04 Å². The molecule has 2 heterocycles. The number of aromatic nitrogens is 2. The molecular formula is C16H24N4O. The number of piperidine rings is 1. The van der Waals surface area contributed by atoms with Gasteiger partial charge in [0, 0.05) is 32.0 Å². The number of hydrogen-bond donors (Lipinski definition) is 1. The van der Waals surface area contributed by atoms with Crippen LogP contribution >= 0.6 is 0 Å². The molecule has 4 rings (SSSR count). The van der Waals surface area contributed by atoms with Crippen molar-refractivity contribution in [2.75, 3.05) is 19.6 Å². The number of carbonyl (C=O) groups is 1. The molecule has 5 heteroatoms. The lowest BCUT2D eigenvalue weighted by atomic mass is 10.0. The molecule has 0 atom stereocenters. The van der Waals surface area contributed by atoms with Gasteiger partial charge in [0.25, 0.3) is 0 Å². The third-order valence-electron chi connectivity index (χ3n) is 5.58. The first kappa shape index (κ1) is 13.2. The molecule has 0 bridgehead atoms. The predicted octanol–water partition coefficient (Wildman–Crippen LogP) is 2.42. The van der Waals surface area contributed by atoms with Crippen LogP contribution < -0.4 is 5.32 Å². The van der Waals surface area contributed by atoms with E-state index in [-0.39, 0.29) is 6.03 Å². The van der Waals surface area contributed by atoms with Gasteiger partial charge in [0.15, 0.2) is 0 Å². The summed E-state index contributed by atoms with van der Waals surface area (Å²) in [5.41, 5.74) is 0.489. The fraction of sp³-hybridized carbons (Fsp3) is 0.750. The highest BCUT2D eigenvalue weighted by Gasteiger charge is 2.53. The lowest BCUT2D eigenvalue weighted by Gasteiger charge is -2.32. The van der Waals surface area contributed by atoms with Crippen LogP contribution in [0.4, 0.5) is 4.79 Å². The van der Waals surface area contributed by atoms with Crippen LogP contribution in [0.2, 0.25) is 0 Å². The number of nitrogens with zero attached hydrogens (tertiary/aromatic N) is 3. The van der Waals surface area contributed by atoms with E-state index in [0.29, 0.717) is 11.5 Å². The zero-order chi connectivity index (χ0) is 14.3. The van der Waals surface area contributed by atoms with Gasteiger partial charge in [-0.1, -0.05) is 0 Å². The molecular weight excluding hydrogens is 264 g/mol. The van der Waals surface area contributed by atoms with Crippen LogP contribution in [0.5, 0.6) is 0 Å². The van der Waals surface area contributed by atoms with Gasteiger partial charge in [-0.15, -0.1) is 0 Å². The Hall–Kier alpha value is -1.52. The van der Waals surface area contributed by atoms with Crippen molar-refractivity contribution in [3.63, 3.8) is 0 Å². The van der Waals surface area contributed by atoms with Gasteiger partial charge in [-0.3, -0.25) is 4.68 Å². The highest BCUT2D eigenvalue weighted by atomic mass is 16.2. The Labute approximate surface area is 125 Å². The van der Waals surface area contributed by atoms with Gasteiger partial charge >= 0.3 is 6.03 Å². The molecule has 3 fully saturated rings. The third kappa shape index (κ3) is 2.65. The molecule has 1 saturated heterocycles. The van der Waals surface area contributed by atoms with Crippen LogP contribution in [0.25, 0.3) is 0 Å². The molecule has 2 aliphatic carbocycles. The average Bonchev–Trinajstić information content (AvgIpc) is 3.43. The molecule has 1 N–H and O–H groups in total. The highest BCUT2D eigenvalue weighted by molar-refractivity contribution is 5.74. The van der Waals surface area contributed by atoms with Crippen LogP contribution in [-0.2, 0) is 0 Å². The number of amides is 2. The number of urea groups is 1. The van der Waals surface area contributed by atoms with E-state index < -0.39 is 0 Å². The Morgan fingerprint density at radius 2 is 2.00 bits per heavy atom. The van der Waals surface area contributed by atoms with Crippen molar-refractivity contribution in [1.82, 2.24) is 20.0 Å². The van der Waals surface area contributed by atoms with Gasteiger partial charge in [-0.25, -0.2) is 4.79 Å². The van der Waals surface area contributed by atoms with E-state index in [2.05, 4.69) is 10.4 Å². The van der Waals surface area contributed by atoms with Gasteiger partial charge in [-0.05, 0) is 55.9 Å². The van der Waals surface area contributed by atoms with E-state index in [4.69, 9.17) is 0 Å². The first-order chi connectivity index (χ1) is 10.3. The minimum Gasteiger partial charge on any atom is -0.337 e. The molecule has 0 unspecified atom stereocenters. The van der Waals surface area contributed by atoms with Crippen molar-refractivity contribution < 1.29 is 4.79 Å². The van der Waals surface area contributed by atoms with E-state index in [0.717, 1.165) is 38.4 Å². The molecule has 3 aliphatic rings. The van der Waals surface area contributed by atoms with Crippen LogP contribution in [0.1, 0.15) is 44.6 Å². The maximum absolute atomic E-state index is 12.3. The van der Waals surface area contributed by atoms with Crippen LogP contribution in [-0.4, -0.2) is 40.3 Å². The van der Waals surface area contributed by atoms with Crippen molar-refractivity contribution in [3.8, 4) is 0 Å². The summed E-state index contributed by atoms with van der Waals surface area (Å²) in [4.78, 5) is 14.3. The largest absolute Gasteiger partial charge is 0.337 e. The number of carbonyl (C=O) groups excluding carboxylic acids is 1. The van der Waals surface area contributed by atoms with E-state index in [1.54, 1.807) is 0 Å². The molecule has 21 heavy (non-hydrogen) atoms. The Balaban J connectivity index is 1.25. The summed E-state index contributed by atoms with van der Waals surface area (Å²) >= 11 is 0. The highest BCUT2D eigenvalue weighted by Crippen LogP contribution is 2.60. The van der Waals surface area contributed by atoms with Crippen LogP contribution in [0.15, 0.2) is 18.5 Å². The number of nitrogens with one attached hydrogen (secondary N) is 1. The van der Waals surface area contributed by atoms with Gasteiger partial charge < -0.3 is 10.2 Å². The third-order valence-corrected chi connectivity index (χ3v) is 5.58. The summed E-state index contributed by atoms with van der Waals surface area (Å²) in [6.45, 7) is 2.58. The normalized spacial score (nSPS) is 24.9. The summed E-state index contributed by atoms with van der Waals surface area (Å²) in [6, 6.07) is 2.55. The summed E-state index contributed by atoms with van der Waals surface area (Å²) in [7, 11) is 0. The molecule has 0 spiro atoms. The van der Waals surface area contributed by atoms with Gasteiger partial charge in [0.2, 0.25) is 0 Å². The standard InChI is InChI=1S/C16H24N4O/c21-15(17-12-16(6-7-16)13-2-3-13)19-10-4-14(5-11-19)20-9-1-8-18-20/h1,8-9,13-14H,2-7,10-12H2,(H,17,21). The fourth-order valence-corrected chi connectivity index (χ4v) is 3.78. The molecule has 1 aromatic heterocycles. The zero-order valence-electron chi connectivity index (χ0n) is 12.5. The second-order valence-corrected chi connectivity index (χ2v) is 7.00. The first-order valence-corrected chi connectivity index (χ1v) is 8.29. The number of hydrogen-bond acceptors (Lipinski definition) is 2. The molecule has 1 aliphatic heterocycles. The second kappa shape index (κ2) is 5.04. The average molecular weight is 288 g/mol. The summed E-state index contributed by atoms with van der Waals surface area (Å²) in [5, 5.41) is 7.50. The lowest BCUT2D eigenvalue weighted by molar-refractivity contribution is 0.166. The molecule has 114 valence electrons. The number of rotatable bonds is 4. The fourth-order valence-electron chi connectivity index (χ4n) is 3.78. The Bertz CT molecular complexity index is 496. The van der Waals surface area contributed by atoms with Crippen molar-refractivity contribution in [1.29, 1.82) is 0 Å². The van der Waals surface area contributed by atoms with Crippen molar-refractivity contribution >= 4 is 6.03 Å². The Morgan fingerprint density at radius 1 is 1.24 bits per heavy atom. The SMILES string of the molecule is O=C(NCC1(C2CC2)CC1)N1CCC(n2cccn2)CC1. The smallest absolute Gasteiger partial charge is 0.317 e. The maximum Gasteiger partial charge on any atom is 0.317 e.